The second kappa shape index (κ2) is 8.39. The minimum atomic E-state index is -0.548. The van der Waals surface area contributed by atoms with E-state index in [1.165, 1.54) is 13.2 Å². The van der Waals surface area contributed by atoms with E-state index < -0.39 is 17.5 Å². The zero-order valence-electron chi connectivity index (χ0n) is 15.5. The van der Waals surface area contributed by atoms with E-state index in [1.807, 2.05) is 6.92 Å². The maximum absolute atomic E-state index is 12.2. The Labute approximate surface area is 160 Å². The number of hydrogen-bond acceptors (Lipinski definition) is 6. The van der Waals surface area contributed by atoms with Crippen LogP contribution in [0.3, 0.4) is 0 Å². The number of aryl methyl sites for hydroxylation is 1. The fourth-order valence-corrected chi connectivity index (χ4v) is 2.81. The van der Waals surface area contributed by atoms with Crippen LogP contribution in [0.2, 0.25) is 0 Å². The van der Waals surface area contributed by atoms with Crippen molar-refractivity contribution in [1.82, 2.24) is 0 Å². The molecule has 0 fully saturated rings. The average molecular weight is 381 g/mol. The summed E-state index contributed by atoms with van der Waals surface area (Å²) in [6.07, 6.45) is 0.699. The third kappa shape index (κ3) is 4.20. The van der Waals surface area contributed by atoms with Gasteiger partial charge in [-0.2, -0.15) is 0 Å². The molecule has 2 aromatic carbocycles. The van der Waals surface area contributed by atoms with Gasteiger partial charge in [0, 0.05) is 17.5 Å². The van der Waals surface area contributed by atoms with Crippen molar-refractivity contribution in [3.63, 3.8) is 0 Å². The third-order valence-electron chi connectivity index (χ3n) is 4.16. The van der Waals surface area contributed by atoms with E-state index in [4.69, 9.17) is 13.9 Å². The molecular weight excluding hydrogens is 362 g/mol. The van der Waals surface area contributed by atoms with Gasteiger partial charge >= 0.3 is 11.6 Å². The first-order valence-corrected chi connectivity index (χ1v) is 8.68. The number of amides is 1. The van der Waals surface area contributed by atoms with Crippen molar-refractivity contribution in [2.24, 2.45) is 0 Å². The fraction of sp³-hybridized carbons (Fsp3) is 0.190. The first-order valence-electron chi connectivity index (χ1n) is 8.68. The molecule has 3 aromatic rings. The van der Waals surface area contributed by atoms with E-state index in [0.29, 0.717) is 23.4 Å². The van der Waals surface area contributed by atoms with Crippen molar-refractivity contribution in [2.45, 2.75) is 13.3 Å². The average Bonchev–Trinajstić information content (AvgIpc) is 2.71. The maximum Gasteiger partial charge on any atom is 0.339 e. The number of nitrogens with one attached hydrogen (secondary N) is 1. The Morgan fingerprint density at radius 1 is 1.11 bits per heavy atom. The summed E-state index contributed by atoms with van der Waals surface area (Å²) in [5, 5.41) is 3.45. The molecule has 0 saturated heterocycles. The second-order valence-electron chi connectivity index (χ2n) is 5.98. The Morgan fingerprint density at radius 3 is 2.64 bits per heavy atom. The maximum atomic E-state index is 12.2. The van der Waals surface area contributed by atoms with Gasteiger partial charge in [-0.3, -0.25) is 4.79 Å². The van der Waals surface area contributed by atoms with Crippen LogP contribution < -0.4 is 15.7 Å². The van der Waals surface area contributed by atoms with Gasteiger partial charge in [0.25, 0.3) is 5.91 Å². The lowest BCUT2D eigenvalue weighted by Crippen LogP contribution is -2.21. The summed E-state index contributed by atoms with van der Waals surface area (Å²) < 4.78 is 15.4. The number of carbonyl (C=O) groups excluding carboxylic acids is 2. The van der Waals surface area contributed by atoms with Crippen molar-refractivity contribution in [2.75, 3.05) is 19.0 Å². The zero-order valence-corrected chi connectivity index (χ0v) is 15.5. The highest BCUT2D eigenvalue weighted by atomic mass is 16.5. The molecule has 0 aliphatic carbocycles. The van der Waals surface area contributed by atoms with Gasteiger partial charge in [0.05, 0.1) is 18.4 Å². The number of anilines is 1. The standard InChI is InChI=1S/C21H19NO6/c1-3-13-10-20(24)28-18-11-14(8-9-15(13)18)27-12-19(23)22-17-7-5-4-6-16(17)21(25)26-2/h4-11H,3,12H2,1-2H3,(H,22,23). The van der Waals surface area contributed by atoms with Crippen LogP contribution in [-0.2, 0) is 16.0 Å². The normalized spacial score (nSPS) is 10.5. The Hall–Kier alpha value is -3.61. The predicted octanol–water partition coefficient (Wildman–Crippen LogP) is 3.16. The molecule has 144 valence electrons. The molecule has 7 nitrogen and oxygen atoms in total. The van der Waals surface area contributed by atoms with Crippen LogP contribution in [0.4, 0.5) is 5.69 Å². The van der Waals surface area contributed by atoms with Gasteiger partial charge < -0.3 is 19.2 Å². The van der Waals surface area contributed by atoms with E-state index in [9.17, 15) is 14.4 Å². The molecule has 1 aromatic heterocycles. The molecule has 0 aliphatic rings. The summed E-state index contributed by atoms with van der Waals surface area (Å²) in [7, 11) is 1.27. The van der Waals surface area contributed by atoms with Crippen LogP contribution >= 0.6 is 0 Å². The zero-order chi connectivity index (χ0) is 20.1. The van der Waals surface area contributed by atoms with E-state index in [0.717, 1.165) is 10.9 Å². The molecule has 0 spiro atoms. The summed E-state index contributed by atoms with van der Waals surface area (Å²) in [4.78, 5) is 35.6. The van der Waals surface area contributed by atoms with Gasteiger partial charge in [-0.25, -0.2) is 9.59 Å². The molecule has 0 bridgehead atoms. The summed E-state index contributed by atoms with van der Waals surface area (Å²) in [5.74, 6) is -0.603. The van der Waals surface area contributed by atoms with Crippen molar-refractivity contribution >= 4 is 28.5 Å². The second-order valence-corrected chi connectivity index (χ2v) is 5.98. The minimum absolute atomic E-state index is 0.248. The number of rotatable bonds is 6. The monoisotopic (exact) mass is 381 g/mol. The van der Waals surface area contributed by atoms with E-state index in [1.54, 1.807) is 42.5 Å². The molecule has 1 heterocycles. The van der Waals surface area contributed by atoms with Crippen molar-refractivity contribution in [1.29, 1.82) is 0 Å². The van der Waals surface area contributed by atoms with Crippen LogP contribution in [0.15, 0.2) is 57.7 Å². The molecular formula is C21H19NO6. The van der Waals surface area contributed by atoms with Crippen LogP contribution in [0, 0.1) is 0 Å². The summed E-state index contributed by atoms with van der Waals surface area (Å²) in [6, 6.07) is 13.1. The number of methoxy groups -OCH3 is 1. The first-order chi connectivity index (χ1) is 13.5. The van der Waals surface area contributed by atoms with Gasteiger partial charge in [-0.05, 0) is 36.2 Å². The highest BCUT2D eigenvalue weighted by Gasteiger charge is 2.14. The number of para-hydroxylation sites is 1. The molecule has 0 radical (unpaired) electrons. The van der Waals surface area contributed by atoms with Crippen LogP contribution in [0.1, 0.15) is 22.8 Å². The van der Waals surface area contributed by atoms with Crippen molar-refractivity contribution in [3.05, 3.63) is 70.1 Å². The summed E-state index contributed by atoms with van der Waals surface area (Å²) >= 11 is 0. The van der Waals surface area contributed by atoms with E-state index >= 15 is 0 Å². The van der Waals surface area contributed by atoms with Gasteiger partial charge in [-0.1, -0.05) is 19.1 Å². The van der Waals surface area contributed by atoms with Crippen molar-refractivity contribution < 1.29 is 23.5 Å². The van der Waals surface area contributed by atoms with E-state index in [-0.39, 0.29) is 12.2 Å². The SMILES string of the molecule is CCc1cc(=O)oc2cc(OCC(=O)Nc3ccccc3C(=O)OC)ccc12. The molecule has 1 N–H and O–H groups in total. The topological polar surface area (TPSA) is 94.8 Å². The van der Waals surface area contributed by atoms with Gasteiger partial charge in [0.1, 0.15) is 11.3 Å². The molecule has 28 heavy (non-hydrogen) atoms. The Morgan fingerprint density at radius 2 is 1.89 bits per heavy atom. The molecule has 1 amide bonds. The number of carbonyl (C=O) groups is 2. The van der Waals surface area contributed by atoms with Crippen molar-refractivity contribution in [3.8, 4) is 5.75 Å². The number of esters is 1. The van der Waals surface area contributed by atoms with Crippen LogP contribution in [0.25, 0.3) is 11.0 Å². The number of ether oxygens (including phenoxy) is 2. The molecule has 3 rings (SSSR count). The van der Waals surface area contributed by atoms with Gasteiger partial charge in [0.2, 0.25) is 0 Å². The first kappa shape index (κ1) is 19.2. The lowest BCUT2D eigenvalue weighted by molar-refractivity contribution is -0.118. The Bertz CT molecular complexity index is 1090. The highest BCUT2D eigenvalue weighted by molar-refractivity contribution is 6.01. The largest absolute Gasteiger partial charge is 0.484 e. The van der Waals surface area contributed by atoms with E-state index in [2.05, 4.69) is 5.32 Å². The quantitative estimate of drug-likeness (QED) is 0.521. The van der Waals surface area contributed by atoms with Crippen LogP contribution in [0.5, 0.6) is 5.75 Å². The smallest absolute Gasteiger partial charge is 0.339 e. The van der Waals surface area contributed by atoms with Gasteiger partial charge in [-0.15, -0.1) is 0 Å². The van der Waals surface area contributed by atoms with Gasteiger partial charge in [0.15, 0.2) is 6.61 Å². The molecule has 0 unspecified atom stereocenters. The molecule has 0 saturated carbocycles. The summed E-state index contributed by atoms with van der Waals surface area (Å²) in [5.41, 5.74) is 1.44. The molecule has 0 aliphatic heterocycles. The fourth-order valence-electron chi connectivity index (χ4n) is 2.81. The van der Waals surface area contributed by atoms with Crippen LogP contribution in [-0.4, -0.2) is 25.6 Å². The third-order valence-corrected chi connectivity index (χ3v) is 4.16. The minimum Gasteiger partial charge on any atom is -0.484 e. The number of hydrogen-bond donors (Lipinski definition) is 1. The number of benzene rings is 2. The lowest BCUT2D eigenvalue weighted by Gasteiger charge is -2.11. The molecule has 0 atom stereocenters. The highest BCUT2D eigenvalue weighted by Crippen LogP contribution is 2.23. The predicted molar refractivity (Wildman–Crippen MR) is 104 cm³/mol. The summed E-state index contributed by atoms with van der Waals surface area (Å²) in [6.45, 7) is 1.67. The Kier molecular flexibility index (Phi) is 5.74. The number of fused-ring (bicyclic) bond motifs is 1. The Balaban J connectivity index is 1.72. The molecule has 7 heteroatoms. The lowest BCUT2D eigenvalue weighted by atomic mass is 10.1.